The molecule has 0 aliphatic carbocycles. The summed E-state index contributed by atoms with van der Waals surface area (Å²) >= 11 is 0. The maximum Gasteiger partial charge on any atom is 0.338 e. The van der Waals surface area contributed by atoms with Crippen LogP contribution in [0.4, 0.5) is 11.4 Å². The maximum absolute atomic E-state index is 13.6. The third kappa shape index (κ3) is 4.19. The van der Waals surface area contributed by atoms with E-state index < -0.39 is 17.4 Å². The zero-order chi connectivity index (χ0) is 24.4. The van der Waals surface area contributed by atoms with E-state index in [-0.39, 0.29) is 17.9 Å². The van der Waals surface area contributed by atoms with Gasteiger partial charge in [-0.15, -0.1) is 0 Å². The van der Waals surface area contributed by atoms with Crippen LogP contribution in [0, 0.1) is 5.92 Å². The second-order valence-corrected chi connectivity index (χ2v) is 8.91. The summed E-state index contributed by atoms with van der Waals surface area (Å²) in [4.78, 5) is 39.0. The van der Waals surface area contributed by atoms with Crippen molar-refractivity contribution < 1.29 is 19.1 Å². The topological polar surface area (TPSA) is 96.5 Å². The van der Waals surface area contributed by atoms with Crippen LogP contribution in [0.15, 0.2) is 78.9 Å². The molecule has 2 heterocycles. The van der Waals surface area contributed by atoms with Gasteiger partial charge in [0.05, 0.1) is 18.1 Å². The van der Waals surface area contributed by atoms with Gasteiger partial charge in [0.15, 0.2) is 0 Å². The van der Waals surface area contributed by atoms with Gasteiger partial charge in [-0.05, 0) is 55.7 Å². The molecule has 0 aromatic heterocycles. The van der Waals surface area contributed by atoms with Crippen LogP contribution in [-0.2, 0) is 26.3 Å². The lowest BCUT2D eigenvalue weighted by Gasteiger charge is -2.29. The van der Waals surface area contributed by atoms with Crippen LogP contribution in [0.5, 0.6) is 0 Å². The minimum atomic E-state index is -1.15. The van der Waals surface area contributed by atoms with E-state index in [9.17, 15) is 14.4 Å². The molecule has 3 atom stereocenters. The lowest BCUT2D eigenvalue weighted by atomic mass is 9.79. The van der Waals surface area contributed by atoms with Crippen molar-refractivity contribution in [2.24, 2.45) is 5.92 Å². The average molecular weight is 470 g/mol. The number of hydrogen-bond donors (Lipinski definition) is 3. The summed E-state index contributed by atoms with van der Waals surface area (Å²) in [6, 6.07) is 24.1. The molecule has 3 aromatic rings. The Balaban J connectivity index is 1.43. The van der Waals surface area contributed by atoms with Crippen molar-refractivity contribution in [3.8, 4) is 0 Å². The Morgan fingerprint density at radius 3 is 2.46 bits per heavy atom. The molecule has 7 nitrogen and oxygen atoms in total. The summed E-state index contributed by atoms with van der Waals surface area (Å²) in [6.45, 7) is 2.04. The standard InChI is InChI=1S/C28H27N3O4/c1-2-35-26(33)19-12-14-20(15-13-19)29-25(32)23-17-21(16-18-8-4-3-5-9-18)31-28(23)22-10-6-7-11-24(22)30-27(28)34/h3-15,21,23,31H,2,16-17H2,1H3,(H,29,32)(H,30,34)/t21-,23-,28+/m0/s1. The van der Waals surface area contributed by atoms with E-state index in [1.807, 2.05) is 42.5 Å². The van der Waals surface area contributed by atoms with Crippen molar-refractivity contribution in [2.75, 3.05) is 17.2 Å². The van der Waals surface area contributed by atoms with Gasteiger partial charge in [-0.1, -0.05) is 48.5 Å². The van der Waals surface area contributed by atoms with Gasteiger partial charge in [-0.3, -0.25) is 14.9 Å². The number of carbonyl (C=O) groups is 3. The highest BCUT2D eigenvalue weighted by molar-refractivity contribution is 6.10. The lowest BCUT2D eigenvalue weighted by Crippen LogP contribution is -2.52. The third-order valence-corrected chi connectivity index (χ3v) is 6.74. The van der Waals surface area contributed by atoms with Crippen molar-refractivity contribution in [3.63, 3.8) is 0 Å². The van der Waals surface area contributed by atoms with E-state index in [0.29, 0.717) is 30.7 Å². The molecule has 5 rings (SSSR count). The smallest absolute Gasteiger partial charge is 0.338 e. The normalized spacial score (nSPS) is 22.5. The van der Waals surface area contributed by atoms with E-state index >= 15 is 0 Å². The average Bonchev–Trinajstić information content (AvgIpc) is 3.38. The zero-order valence-corrected chi connectivity index (χ0v) is 19.4. The first-order valence-electron chi connectivity index (χ1n) is 11.8. The molecule has 178 valence electrons. The molecule has 7 heteroatoms. The molecule has 1 saturated heterocycles. The van der Waals surface area contributed by atoms with Crippen molar-refractivity contribution >= 4 is 29.2 Å². The zero-order valence-electron chi connectivity index (χ0n) is 19.4. The molecule has 35 heavy (non-hydrogen) atoms. The molecule has 3 aromatic carbocycles. The minimum absolute atomic E-state index is 0.0590. The predicted octanol–water partition coefficient (Wildman–Crippen LogP) is 3.87. The number of esters is 1. The summed E-state index contributed by atoms with van der Waals surface area (Å²) in [6.07, 6.45) is 1.21. The van der Waals surface area contributed by atoms with Gasteiger partial charge in [0.2, 0.25) is 11.8 Å². The van der Waals surface area contributed by atoms with E-state index in [2.05, 4.69) is 28.1 Å². The first-order chi connectivity index (χ1) is 17.0. The largest absolute Gasteiger partial charge is 0.462 e. The molecule has 1 fully saturated rings. The van der Waals surface area contributed by atoms with Gasteiger partial charge in [0.1, 0.15) is 5.54 Å². The number of rotatable bonds is 6. The molecule has 2 aliphatic heterocycles. The van der Waals surface area contributed by atoms with Gasteiger partial charge in [0, 0.05) is 23.0 Å². The number of amides is 2. The Kier molecular flexibility index (Phi) is 6.09. The second kappa shape index (κ2) is 9.35. The van der Waals surface area contributed by atoms with Crippen molar-refractivity contribution in [3.05, 3.63) is 95.6 Å². The summed E-state index contributed by atoms with van der Waals surface area (Å²) in [5, 5.41) is 9.46. The first-order valence-corrected chi connectivity index (χ1v) is 11.8. The number of carbonyl (C=O) groups excluding carboxylic acids is 3. The van der Waals surface area contributed by atoms with Crippen molar-refractivity contribution in [2.45, 2.75) is 31.3 Å². The Hall–Kier alpha value is -3.97. The third-order valence-electron chi connectivity index (χ3n) is 6.74. The Bertz CT molecular complexity index is 1260. The SMILES string of the molecule is CCOC(=O)c1ccc(NC(=O)[C@@H]2C[C@H](Cc3ccccc3)N[C@@]23C(=O)Nc2ccccc23)cc1. The van der Waals surface area contributed by atoms with E-state index in [1.165, 1.54) is 0 Å². The fraction of sp³-hybridized carbons (Fsp3) is 0.250. The minimum Gasteiger partial charge on any atom is -0.462 e. The Labute approximate surface area is 203 Å². The molecular weight excluding hydrogens is 442 g/mol. The Morgan fingerprint density at radius 1 is 1.00 bits per heavy atom. The molecule has 0 bridgehead atoms. The van der Waals surface area contributed by atoms with Crippen LogP contribution in [0.3, 0.4) is 0 Å². The van der Waals surface area contributed by atoms with Crippen molar-refractivity contribution in [1.29, 1.82) is 0 Å². The summed E-state index contributed by atoms with van der Waals surface area (Å²) in [5.74, 6) is -1.49. The molecular formula is C28H27N3O4. The summed E-state index contributed by atoms with van der Waals surface area (Å²) < 4.78 is 5.02. The highest BCUT2D eigenvalue weighted by Crippen LogP contribution is 2.47. The molecule has 2 aliphatic rings. The quantitative estimate of drug-likeness (QED) is 0.477. The molecule has 0 saturated carbocycles. The van der Waals surface area contributed by atoms with Crippen molar-refractivity contribution in [1.82, 2.24) is 5.32 Å². The van der Waals surface area contributed by atoms with Crippen LogP contribution in [-0.4, -0.2) is 30.4 Å². The first kappa shape index (κ1) is 22.8. The van der Waals surface area contributed by atoms with Gasteiger partial charge in [0.25, 0.3) is 0 Å². The van der Waals surface area contributed by atoms with Crippen LogP contribution in [0.2, 0.25) is 0 Å². The summed E-state index contributed by atoms with van der Waals surface area (Å²) in [7, 11) is 0. The maximum atomic E-state index is 13.6. The predicted molar refractivity (Wildman–Crippen MR) is 133 cm³/mol. The Morgan fingerprint density at radius 2 is 1.71 bits per heavy atom. The number of para-hydroxylation sites is 1. The van der Waals surface area contributed by atoms with Crippen LogP contribution in [0.25, 0.3) is 0 Å². The fourth-order valence-corrected chi connectivity index (χ4v) is 5.18. The monoisotopic (exact) mass is 469 g/mol. The molecule has 0 unspecified atom stereocenters. The number of anilines is 2. The van der Waals surface area contributed by atoms with Crippen LogP contribution < -0.4 is 16.0 Å². The number of ether oxygens (including phenoxy) is 1. The molecule has 0 radical (unpaired) electrons. The van der Waals surface area contributed by atoms with Gasteiger partial charge in [-0.25, -0.2) is 4.79 Å². The second-order valence-electron chi connectivity index (χ2n) is 8.91. The summed E-state index contributed by atoms with van der Waals surface area (Å²) in [5.41, 5.74) is 2.47. The van der Waals surface area contributed by atoms with E-state index in [4.69, 9.17) is 4.74 Å². The highest BCUT2D eigenvalue weighted by Gasteiger charge is 2.59. The number of fused-ring (bicyclic) bond motifs is 2. The number of nitrogens with one attached hydrogen (secondary N) is 3. The fourth-order valence-electron chi connectivity index (χ4n) is 5.18. The van der Waals surface area contributed by atoms with E-state index in [1.54, 1.807) is 31.2 Å². The van der Waals surface area contributed by atoms with Gasteiger partial charge < -0.3 is 15.4 Å². The van der Waals surface area contributed by atoms with Crippen LogP contribution >= 0.6 is 0 Å². The number of hydrogen-bond acceptors (Lipinski definition) is 5. The van der Waals surface area contributed by atoms with Gasteiger partial charge >= 0.3 is 5.97 Å². The number of benzene rings is 3. The lowest BCUT2D eigenvalue weighted by molar-refractivity contribution is -0.130. The molecule has 3 N–H and O–H groups in total. The van der Waals surface area contributed by atoms with Gasteiger partial charge in [-0.2, -0.15) is 0 Å². The highest BCUT2D eigenvalue weighted by atomic mass is 16.5. The van der Waals surface area contributed by atoms with E-state index in [0.717, 1.165) is 16.8 Å². The van der Waals surface area contributed by atoms with Crippen LogP contribution in [0.1, 0.15) is 34.8 Å². The molecule has 2 amide bonds. The molecule has 1 spiro atoms.